The molecule has 0 atom stereocenters. The standard InChI is InChI=1S/C13H24N6O/c1-10(2)18(3)6-4-5-15-13(20)12-9-19(17-16-12)11-7-14-8-11/h9-11,14H,4-8H2,1-3H3,(H,15,20). The summed E-state index contributed by atoms with van der Waals surface area (Å²) in [5.74, 6) is -0.143. The molecule has 2 N–H and O–H groups in total. The summed E-state index contributed by atoms with van der Waals surface area (Å²) in [6, 6.07) is 0.866. The van der Waals surface area contributed by atoms with Gasteiger partial charge in [0, 0.05) is 25.7 Å². The van der Waals surface area contributed by atoms with Gasteiger partial charge in [0.25, 0.3) is 5.91 Å². The summed E-state index contributed by atoms with van der Waals surface area (Å²) in [7, 11) is 2.09. The van der Waals surface area contributed by atoms with Crippen molar-refractivity contribution in [2.75, 3.05) is 33.2 Å². The van der Waals surface area contributed by atoms with Crippen molar-refractivity contribution >= 4 is 5.91 Å². The fourth-order valence-corrected chi connectivity index (χ4v) is 1.90. The third-order valence-corrected chi connectivity index (χ3v) is 3.73. The molecule has 0 spiro atoms. The Balaban J connectivity index is 1.70. The van der Waals surface area contributed by atoms with Crippen molar-refractivity contribution in [2.45, 2.75) is 32.4 Å². The predicted octanol–water partition coefficient (Wildman–Crippen LogP) is -0.117. The van der Waals surface area contributed by atoms with E-state index < -0.39 is 0 Å². The average molecular weight is 280 g/mol. The Kier molecular flexibility index (Phi) is 5.08. The summed E-state index contributed by atoms with van der Waals surface area (Å²) in [6.45, 7) is 7.74. The Hall–Kier alpha value is -1.47. The van der Waals surface area contributed by atoms with Crippen molar-refractivity contribution < 1.29 is 4.79 Å². The zero-order chi connectivity index (χ0) is 14.5. The monoisotopic (exact) mass is 280 g/mol. The first kappa shape index (κ1) is 14.9. The molecule has 1 fully saturated rings. The zero-order valence-corrected chi connectivity index (χ0v) is 12.5. The molecular weight excluding hydrogens is 256 g/mol. The molecule has 2 rings (SSSR count). The third kappa shape index (κ3) is 3.77. The van der Waals surface area contributed by atoms with Crippen molar-refractivity contribution in [3.8, 4) is 0 Å². The van der Waals surface area contributed by atoms with Gasteiger partial charge in [-0.2, -0.15) is 0 Å². The van der Waals surface area contributed by atoms with E-state index in [1.165, 1.54) is 0 Å². The Labute approximate surface area is 119 Å². The maximum absolute atomic E-state index is 11.9. The maximum Gasteiger partial charge on any atom is 0.273 e. The summed E-state index contributed by atoms with van der Waals surface area (Å²) in [4.78, 5) is 14.2. The molecule has 112 valence electrons. The summed E-state index contributed by atoms with van der Waals surface area (Å²) in [5.41, 5.74) is 0.397. The molecule has 20 heavy (non-hydrogen) atoms. The molecule has 1 aromatic heterocycles. The molecule has 0 unspecified atom stereocenters. The summed E-state index contributed by atoms with van der Waals surface area (Å²) < 4.78 is 1.76. The van der Waals surface area contributed by atoms with Gasteiger partial charge in [-0.1, -0.05) is 5.21 Å². The minimum Gasteiger partial charge on any atom is -0.351 e. The van der Waals surface area contributed by atoms with Gasteiger partial charge in [0.1, 0.15) is 0 Å². The van der Waals surface area contributed by atoms with Gasteiger partial charge < -0.3 is 15.5 Å². The van der Waals surface area contributed by atoms with E-state index in [1.807, 2.05) is 0 Å². The van der Waals surface area contributed by atoms with E-state index in [0.717, 1.165) is 26.1 Å². The van der Waals surface area contributed by atoms with Crippen LogP contribution in [0.1, 0.15) is 36.8 Å². The molecule has 0 saturated carbocycles. The van der Waals surface area contributed by atoms with Gasteiger partial charge in [-0.3, -0.25) is 4.79 Å². The largest absolute Gasteiger partial charge is 0.351 e. The molecule has 0 bridgehead atoms. The average Bonchev–Trinajstić information content (AvgIpc) is 2.81. The van der Waals surface area contributed by atoms with Gasteiger partial charge in [-0.05, 0) is 33.9 Å². The first-order valence-corrected chi connectivity index (χ1v) is 7.19. The highest BCUT2D eigenvalue weighted by atomic mass is 16.2. The van der Waals surface area contributed by atoms with Gasteiger partial charge >= 0.3 is 0 Å². The van der Waals surface area contributed by atoms with Crippen LogP contribution in [-0.2, 0) is 0 Å². The minimum atomic E-state index is -0.143. The van der Waals surface area contributed by atoms with E-state index in [-0.39, 0.29) is 5.91 Å². The SMILES string of the molecule is CC(C)N(C)CCCNC(=O)c1cn(C2CNC2)nn1. The second-order valence-electron chi connectivity index (χ2n) is 5.58. The Bertz CT molecular complexity index is 440. The van der Waals surface area contributed by atoms with Crippen molar-refractivity contribution in [3.05, 3.63) is 11.9 Å². The minimum absolute atomic E-state index is 0.143. The fraction of sp³-hybridized carbons (Fsp3) is 0.769. The van der Waals surface area contributed by atoms with Crippen LogP contribution in [0.2, 0.25) is 0 Å². The molecule has 1 aliphatic heterocycles. The topological polar surface area (TPSA) is 75.1 Å². The molecule has 1 saturated heterocycles. The molecule has 2 heterocycles. The second kappa shape index (κ2) is 6.81. The van der Waals surface area contributed by atoms with Crippen LogP contribution < -0.4 is 10.6 Å². The van der Waals surface area contributed by atoms with Gasteiger partial charge in [0.05, 0.1) is 12.2 Å². The van der Waals surface area contributed by atoms with Gasteiger partial charge in [0.15, 0.2) is 5.69 Å². The zero-order valence-electron chi connectivity index (χ0n) is 12.5. The first-order chi connectivity index (χ1) is 9.58. The quantitative estimate of drug-likeness (QED) is 0.681. The molecular formula is C13H24N6O. The van der Waals surface area contributed by atoms with Crippen LogP contribution in [0.15, 0.2) is 6.20 Å². The van der Waals surface area contributed by atoms with E-state index in [2.05, 4.69) is 46.7 Å². The number of carbonyl (C=O) groups excluding carboxylic acids is 1. The van der Waals surface area contributed by atoms with Crippen LogP contribution >= 0.6 is 0 Å². The van der Waals surface area contributed by atoms with Gasteiger partial charge in [-0.25, -0.2) is 4.68 Å². The Morgan fingerprint density at radius 3 is 2.95 bits per heavy atom. The van der Waals surface area contributed by atoms with E-state index >= 15 is 0 Å². The number of carbonyl (C=O) groups is 1. The van der Waals surface area contributed by atoms with Crippen LogP contribution in [0.4, 0.5) is 0 Å². The lowest BCUT2D eigenvalue weighted by atomic mass is 10.2. The molecule has 0 aliphatic carbocycles. The van der Waals surface area contributed by atoms with E-state index in [4.69, 9.17) is 0 Å². The highest BCUT2D eigenvalue weighted by molar-refractivity contribution is 5.91. The number of aromatic nitrogens is 3. The van der Waals surface area contributed by atoms with Crippen molar-refractivity contribution in [1.29, 1.82) is 0 Å². The Morgan fingerprint density at radius 2 is 2.35 bits per heavy atom. The van der Waals surface area contributed by atoms with Crippen molar-refractivity contribution in [2.24, 2.45) is 0 Å². The maximum atomic E-state index is 11.9. The van der Waals surface area contributed by atoms with Gasteiger partial charge in [0.2, 0.25) is 0 Å². The molecule has 7 heteroatoms. The molecule has 1 amide bonds. The van der Waals surface area contributed by atoms with Gasteiger partial charge in [-0.15, -0.1) is 5.10 Å². The Morgan fingerprint density at radius 1 is 1.60 bits per heavy atom. The van der Waals surface area contributed by atoms with E-state index in [0.29, 0.717) is 24.3 Å². The van der Waals surface area contributed by atoms with Crippen molar-refractivity contribution in [1.82, 2.24) is 30.5 Å². The van der Waals surface area contributed by atoms with Crippen LogP contribution in [0.25, 0.3) is 0 Å². The van der Waals surface area contributed by atoms with Crippen LogP contribution in [-0.4, -0.2) is 65.1 Å². The smallest absolute Gasteiger partial charge is 0.273 e. The first-order valence-electron chi connectivity index (χ1n) is 7.19. The number of hydrogen-bond donors (Lipinski definition) is 2. The lowest BCUT2D eigenvalue weighted by molar-refractivity contribution is 0.0946. The lowest BCUT2D eigenvalue weighted by Crippen LogP contribution is -2.43. The number of amides is 1. The van der Waals surface area contributed by atoms with Crippen LogP contribution in [0.3, 0.4) is 0 Å². The fourth-order valence-electron chi connectivity index (χ4n) is 1.90. The predicted molar refractivity (Wildman–Crippen MR) is 76.6 cm³/mol. The number of nitrogens with zero attached hydrogens (tertiary/aromatic N) is 4. The van der Waals surface area contributed by atoms with E-state index in [9.17, 15) is 4.79 Å². The highest BCUT2D eigenvalue weighted by Gasteiger charge is 2.21. The normalized spacial score (nSPS) is 15.7. The van der Waals surface area contributed by atoms with Crippen molar-refractivity contribution in [3.63, 3.8) is 0 Å². The molecule has 7 nitrogen and oxygen atoms in total. The van der Waals surface area contributed by atoms with Crippen LogP contribution in [0, 0.1) is 0 Å². The highest BCUT2D eigenvalue weighted by Crippen LogP contribution is 2.09. The number of rotatable bonds is 7. The molecule has 1 aromatic rings. The molecule has 0 aromatic carbocycles. The number of hydrogen-bond acceptors (Lipinski definition) is 5. The molecule has 1 aliphatic rings. The third-order valence-electron chi connectivity index (χ3n) is 3.73. The lowest BCUT2D eigenvalue weighted by Gasteiger charge is -2.26. The second-order valence-corrected chi connectivity index (χ2v) is 5.58. The van der Waals surface area contributed by atoms with E-state index in [1.54, 1.807) is 10.9 Å². The van der Waals surface area contributed by atoms with Crippen LogP contribution in [0.5, 0.6) is 0 Å². The summed E-state index contributed by atoms with van der Waals surface area (Å²) >= 11 is 0. The summed E-state index contributed by atoms with van der Waals surface area (Å²) in [5, 5.41) is 14.0. The molecule has 0 radical (unpaired) electrons. The summed E-state index contributed by atoms with van der Waals surface area (Å²) in [6.07, 6.45) is 2.65. The number of nitrogens with one attached hydrogen (secondary N) is 2.